The van der Waals surface area contributed by atoms with E-state index < -0.39 is 4.92 Å². The molecule has 6 heteroatoms. The molecule has 0 unspecified atom stereocenters. The average Bonchev–Trinajstić information content (AvgIpc) is 2.39. The van der Waals surface area contributed by atoms with Gasteiger partial charge in [-0.1, -0.05) is 31.5 Å². The molecule has 0 aliphatic heterocycles. The van der Waals surface area contributed by atoms with Crippen molar-refractivity contribution in [3.05, 3.63) is 39.9 Å². The molecule has 1 rings (SSSR count). The molecule has 104 valence electrons. The second-order valence-corrected chi connectivity index (χ2v) is 4.06. The van der Waals surface area contributed by atoms with Crippen LogP contribution in [0.25, 0.3) is 0 Å². The van der Waals surface area contributed by atoms with Crippen LogP contribution in [0, 0.1) is 10.1 Å². The zero-order valence-corrected chi connectivity index (χ0v) is 10.9. The average molecular weight is 266 g/mol. The molecule has 0 heterocycles. The van der Waals surface area contributed by atoms with Gasteiger partial charge in [0, 0.05) is 18.2 Å². The molecule has 0 spiro atoms. The SMILES string of the molecule is CCCCOC(=O)CNCc1ccccc1[N+](=O)[O-]. The van der Waals surface area contributed by atoms with Crippen molar-refractivity contribution in [3.8, 4) is 0 Å². The predicted octanol–water partition coefficient (Wildman–Crippen LogP) is 2.03. The lowest BCUT2D eigenvalue weighted by molar-refractivity contribution is -0.385. The number of nitrogens with zero attached hydrogens (tertiary/aromatic N) is 1. The first-order valence-corrected chi connectivity index (χ1v) is 6.23. The number of carbonyl (C=O) groups is 1. The van der Waals surface area contributed by atoms with Gasteiger partial charge in [0.25, 0.3) is 5.69 Å². The highest BCUT2D eigenvalue weighted by Crippen LogP contribution is 2.16. The van der Waals surface area contributed by atoms with Crippen LogP contribution in [0.4, 0.5) is 5.69 Å². The van der Waals surface area contributed by atoms with Gasteiger partial charge >= 0.3 is 5.97 Å². The van der Waals surface area contributed by atoms with Gasteiger partial charge in [0.15, 0.2) is 0 Å². The van der Waals surface area contributed by atoms with Crippen LogP contribution < -0.4 is 5.32 Å². The Hall–Kier alpha value is -1.95. The second-order valence-electron chi connectivity index (χ2n) is 4.06. The van der Waals surface area contributed by atoms with E-state index in [9.17, 15) is 14.9 Å². The third kappa shape index (κ3) is 5.48. The molecule has 0 fully saturated rings. The maximum atomic E-state index is 11.3. The van der Waals surface area contributed by atoms with E-state index in [4.69, 9.17) is 4.74 Å². The van der Waals surface area contributed by atoms with Gasteiger partial charge in [-0.25, -0.2) is 0 Å². The first kappa shape index (κ1) is 15.1. The second kappa shape index (κ2) is 8.20. The molecule has 0 aliphatic rings. The number of nitrogens with one attached hydrogen (secondary N) is 1. The summed E-state index contributed by atoms with van der Waals surface area (Å²) in [4.78, 5) is 21.7. The molecule has 6 nitrogen and oxygen atoms in total. The number of ether oxygens (including phenoxy) is 1. The molecule has 0 saturated heterocycles. The summed E-state index contributed by atoms with van der Waals surface area (Å²) in [5.41, 5.74) is 0.600. The van der Waals surface area contributed by atoms with Crippen molar-refractivity contribution in [2.24, 2.45) is 0 Å². The molecule has 0 aliphatic carbocycles. The molecular weight excluding hydrogens is 248 g/mol. The Kier molecular flexibility index (Phi) is 6.52. The van der Waals surface area contributed by atoms with Crippen molar-refractivity contribution in [1.82, 2.24) is 5.32 Å². The number of esters is 1. The van der Waals surface area contributed by atoms with Crippen molar-refractivity contribution in [3.63, 3.8) is 0 Å². The predicted molar refractivity (Wildman–Crippen MR) is 70.7 cm³/mol. The summed E-state index contributed by atoms with van der Waals surface area (Å²) in [6, 6.07) is 6.44. The van der Waals surface area contributed by atoms with E-state index in [0.717, 1.165) is 12.8 Å². The molecule has 0 atom stereocenters. The molecule has 0 radical (unpaired) electrons. The Labute approximate surface area is 111 Å². The van der Waals surface area contributed by atoms with Gasteiger partial charge in [0.1, 0.15) is 0 Å². The number of nitro benzene ring substituents is 1. The summed E-state index contributed by atoms with van der Waals surface area (Å²) in [6.07, 6.45) is 1.81. The van der Waals surface area contributed by atoms with Gasteiger partial charge < -0.3 is 10.1 Å². The summed E-state index contributed by atoms with van der Waals surface area (Å²) in [5, 5.41) is 13.6. The quantitative estimate of drug-likeness (QED) is 0.337. The van der Waals surface area contributed by atoms with Crippen LogP contribution in [0.15, 0.2) is 24.3 Å². The zero-order chi connectivity index (χ0) is 14.1. The normalized spacial score (nSPS) is 10.2. The minimum absolute atomic E-state index is 0.0503. The Morgan fingerprint density at radius 2 is 2.16 bits per heavy atom. The van der Waals surface area contributed by atoms with Crippen LogP contribution in [0.1, 0.15) is 25.3 Å². The van der Waals surface area contributed by atoms with Crippen LogP contribution in [0.5, 0.6) is 0 Å². The maximum absolute atomic E-state index is 11.3. The Bertz CT molecular complexity index is 434. The van der Waals surface area contributed by atoms with E-state index in [-0.39, 0.29) is 24.7 Å². The highest BCUT2D eigenvalue weighted by molar-refractivity contribution is 5.71. The third-order valence-electron chi connectivity index (χ3n) is 2.53. The molecule has 0 amide bonds. The summed E-state index contributed by atoms with van der Waals surface area (Å²) < 4.78 is 4.96. The van der Waals surface area contributed by atoms with Crippen molar-refractivity contribution < 1.29 is 14.5 Å². The third-order valence-corrected chi connectivity index (χ3v) is 2.53. The fraction of sp³-hybridized carbons (Fsp3) is 0.462. The van der Waals surface area contributed by atoms with Crippen LogP contribution in [-0.2, 0) is 16.1 Å². The van der Waals surface area contributed by atoms with E-state index in [1.165, 1.54) is 6.07 Å². The number of hydrogen-bond acceptors (Lipinski definition) is 5. The van der Waals surface area contributed by atoms with E-state index in [0.29, 0.717) is 12.2 Å². The van der Waals surface area contributed by atoms with Crippen LogP contribution in [-0.4, -0.2) is 24.0 Å². The number of rotatable bonds is 8. The molecule has 1 aromatic rings. The van der Waals surface area contributed by atoms with Crippen LogP contribution in [0.2, 0.25) is 0 Å². The minimum atomic E-state index is -0.434. The number of para-hydroxylation sites is 1. The van der Waals surface area contributed by atoms with Crippen molar-refractivity contribution in [2.75, 3.05) is 13.2 Å². The topological polar surface area (TPSA) is 81.5 Å². The van der Waals surface area contributed by atoms with Gasteiger partial charge in [-0.05, 0) is 6.42 Å². The number of unbranched alkanes of at least 4 members (excludes halogenated alkanes) is 1. The molecule has 0 aromatic heterocycles. The van der Waals surface area contributed by atoms with Gasteiger partial charge in [0.2, 0.25) is 0 Å². The standard InChI is InChI=1S/C13H18N2O4/c1-2-3-8-19-13(16)10-14-9-11-6-4-5-7-12(11)15(17)18/h4-7,14H,2-3,8-10H2,1H3. The van der Waals surface area contributed by atoms with Gasteiger partial charge in [0.05, 0.1) is 18.1 Å². The fourth-order valence-electron chi connectivity index (χ4n) is 1.52. The zero-order valence-electron chi connectivity index (χ0n) is 10.9. The van der Waals surface area contributed by atoms with E-state index in [1.807, 2.05) is 6.92 Å². The lowest BCUT2D eigenvalue weighted by Crippen LogP contribution is -2.24. The fourth-order valence-corrected chi connectivity index (χ4v) is 1.52. The molecule has 19 heavy (non-hydrogen) atoms. The lowest BCUT2D eigenvalue weighted by atomic mass is 10.2. The summed E-state index contributed by atoms with van der Waals surface area (Å²) >= 11 is 0. The molecule has 0 bridgehead atoms. The first-order chi connectivity index (χ1) is 9.15. The smallest absolute Gasteiger partial charge is 0.319 e. The monoisotopic (exact) mass is 266 g/mol. The first-order valence-electron chi connectivity index (χ1n) is 6.23. The van der Waals surface area contributed by atoms with Gasteiger partial charge in [-0.15, -0.1) is 0 Å². The number of hydrogen-bond donors (Lipinski definition) is 1. The van der Waals surface area contributed by atoms with Crippen molar-refractivity contribution in [1.29, 1.82) is 0 Å². The van der Waals surface area contributed by atoms with E-state index in [1.54, 1.807) is 18.2 Å². The summed E-state index contributed by atoms with van der Waals surface area (Å²) in [7, 11) is 0. The van der Waals surface area contributed by atoms with E-state index in [2.05, 4.69) is 5.32 Å². The lowest BCUT2D eigenvalue weighted by Gasteiger charge is -2.06. The Balaban J connectivity index is 2.37. The summed E-state index contributed by atoms with van der Waals surface area (Å²) in [6.45, 7) is 2.75. The van der Waals surface area contributed by atoms with Gasteiger partial charge in [-0.3, -0.25) is 14.9 Å². The highest BCUT2D eigenvalue weighted by Gasteiger charge is 2.12. The van der Waals surface area contributed by atoms with Gasteiger partial charge in [-0.2, -0.15) is 0 Å². The number of nitro groups is 1. The largest absolute Gasteiger partial charge is 0.465 e. The molecular formula is C13H18N2O4. The summed E-state index contributed by atoms with van der Waals surface area (Å²) in [5.74, 6) is -0.341. The van der Waals surface area contributed by atoms with Crippen molar-refractivity contribution in [2.45, 2.75) is 26.3 Å². The van der Waals surface area contributed by atoms with Crippen LogP contribution >= 0.6 is 0 Å². The highest BCUT2D eigenvalue weighted by atomic mass is 16.6. The van der Waals surface area contributed by atoms with Crippen molar-refractivity contribution >= 4 is 11.7 Å². The molecule has 1 aromatic carbocycles. The molecule has 0 saturated carbocycles. The Morgan fingerprint density at radius 1 is 1.42 bits per heavy atom. The molecule has 1 N–H and O–H groups in total. The van der Waals surface area contributed by atoms with Crippen LogP contribution in [0.3, 0.4) is 0 Å². The maximum Gasteiger partial charge on any atom is 0.319 e. The van der Waals surface area contributed by atoms with E-state index >= 15 is 0 Å². The number of benzene rings is 1. The minimum Gasteiger partial charge on any atom is -0.465 e. The Morgan fingerprint density at radius 3 is 2.84 bits per heavy atom. The number of carbonyl (C=O) groups excluding carboxylic acids is 1.